The third-order valence-electron chi connectivity index (χ3n) is 10.6. The first-order chi connectivity index (χ1) is 24.2. The van der Waals surface area contributed by atoms with Gasteiger partial charge in [0.25, 0.3) is 0 Å². The summed E-state index contributed by atoms with van der Waals surface area (Å²) < 4.78 is 11.4. The third kappa shape index (κ3) is 8.43. The van der Waals surface area contributed by atoms with Crippen LogP contribution in [0.15, 0.2) is 30.4 Å². The van der Waals surface area contributed by atoms with Gasteiger partial charge in [-0.15, -0.1) is 0 Å². The van der Waals surface area contributed by atoms with Crippen molar-refractivity contribution in [2.75, 3.05) is 44.7 Å². The monoisotopic (exact) mass is 708 g/mol. The first-order valence-electron chi connectivity index (χ1n) is 18.3. The summed E-state index contributed by atoms with van der Waals surface area (Å²) in [5, 5.41) is 15.6. The number of anilines is 1. The molecule has 6 rings (SSSR count). The van der Waals surface area contributed by atoms with E-state index in [1.165, 1.54) is 4.90 Å². The van der Waals surface area contributed by atoms with Gasteiger partial charge in [-0.25, -0.2) is 14.4 Å². The maximum absolute atomic E-state index is 14.2. The number of hydrogen-bond donors (Lipinski definition) is 3. The van der Waals surface area contributed by atoms with Crippen LogP contribution in [0.3, 0.4) is 0 Å². The first kappa shape index (κ1) is 36.5. The molecule has 1 aromatic rings. The van der Waals surface area contributed by atoms with Crippen LogP contribution in [0.2, 0.25) is 0 Å². The largest absolute Gasteiger partial charge is 0.479 e. The van der Waals surface area contributed by atoms with E-state index in [1.54, 1.807) is 25.7 Å². The van der Waals surface area contributed by atoms with Crippen LogP contribution in [0, 0.1) is 5.92 Å². The lowest BCUT2D eigenvalue weighted by Crippen LogP contribution is -2.56. The second-order valence-corrected chi connectivity index (χ2v) is 15.7. The number of benzene rings is 1. The van der Waals surface area contributed by atoms with Gasteiger partial charge in [0.05, 0.1) is 6.54 Å². The van der Waals surface area contributed by atoms with Crippen molar-refractivity contribution in [3.8, 4) is 0 Å². The molecule has 4 aliphatic heterocycles. The second-order valence-electron chi connectivity index (χ2n) is 15.7. The lowest BCUT2D eigenvalue weighted by Gasteiger charge is -2.34. The fourth-order valence-corrected chi connectivity index (χ4v) is 7.59. The van der Waals surface area contributed by atoms with Gasteiger partial charge in [-0.2, -0.15) is 0 Å². The molecule has 1 saturated carbocycles. The predicted molar refractivity (Wildman–Crippen MR) is 188 cm³/mol. The van der Waals surface area contributed by atoms with E-state index in [9.17, 15) is 29.1 Å². The average molecular weight is 709 g/mol. The van der Waals surface area contributed by atoms with Crippen LogP contribution < -0.4 is 15.5 Å². The van der Waals surface area contributed by atoms with E-state index in [4.69, 9.17) is 9.47 Å². The van der Waals surface area contributed by atoms with Gasteiger partial charge in [-0.05, 0) is 76.8 Å². The molecule has 3 fully saturated rings. The number of amides is 4. The Morgan fingerprint density at radius 2 is 1.76 bits per heavy atom. The van der Waals surface area contributed by atoms with Crippen molar-refractivity contribution < 1.29 is 38.6 Å². The van der Waals surface area contributed by atoms with Crippen molar-refractivity contribution in [2.45, 2.75) is 108 Å². The van der Waals surface area contributed by atoms with Crippen molar-refractivity contribution in [2.24, 2.45) is 5.92 Å². The molecular formula is C37H52N6O8. The molecule has 0 bridgehead atoms. The highest BCUT2D eigenvalue weighted by atomic mass is 16.6. The number of carbonyl (C=O) groups excluding carboxylic acids is 4. The van der Waals surface area contributed by atoms with Gasteiger partial charge >= 0.3 is 18.2 Å². The van der Waals surface area contributed by atoms with Crippen molar-refractivity contribution in [1.29, 1.82) is 0 Å². The van der Waals surface area contributed by atoms with Crippen molar-refractivity contribution in [3.05, 3.63) is 41.5 Å². The van der Waals surface area contributed by atoms with Gasteiger partial charge in [0, 0.05) is 57.3 Å². The minimum absolute atomic E-state index is 0.00693. The molecule has 1 aromatic carbocycles. The fraction of sp³-hybridized carbons (Fsp3) is 0.649. The molecule has 4 amide bonds. The Morgan fingerprint density at radius 3 is 2.49 bits per heavy atom. The van der Waals surface area contributed by atoms with Gasteiger partial charge in [0.1, 0.15) is 29.3 Å². The summed E-state index contributed by atoms with van der Waals surface area (Å²) in [5.74, 6) is -2.63. The molecule has 0 aromatic heterocycles. The lowest BCUT2D eigenvalue weighted by atomic mass is 10.0. The van der Waals surface area contributed by atoms with E-state index in [1.807, 2.05) is 12.2 Å². The highest BCUT2D eigenvalue weighted by molar-refractivity contribution is 5.96. The molecule has 14 heteroatoms. The van der Waals surface area contributed by atoms with Crippen LogP contribution in [0.25, 0.3) is 0 Å². The summed E-state index contributed by atoms with van der Waals surface area (Å²) in [7, 11) is 2.12. The number of carbonyl (C=O) groups is 5. The zero-order valence-electron chi connectivity index (χ0n) is 30.2. The summed E-state index contributed by atoms with van der Waals surface area (Å²) >= 11 is 0. The fourth-order valence-electron chi connectivity index (χ4n) is 7.59. The number of piperazine rings is 1. The van der Waals surface area contributed by atoms with Crippen LogP contribution in [0.1, 0.15) is 76.8 Å². The smallest absolute Gasteiger partial charge is 0.410 e. The van der Waals surface area contributed by atoms with Crippen LogP contribution in [0.5, 0.6) is 0 Å². The van der Waals surface area contributed by atoms with Crippen LogP contribution in [-0.4, -0.2) is 119 Å². The number of nitrogens with zero attached hydrogens (tertiary/aromatic N) is 4. The number of hydrogen-bond acceptors (Lipinski definition) is 9. The quantitative estimate of drug-likeness (QED) is 0.397. The Kier molecular flexibility index (Phi) is 10.5. The molecule has 278 valence electrons. The molecule has 51 heavy (non-hydrogen) atoms. The summed E-state index contributed by atoms with van der Waals surface area (Å²) in [4.78, 5) is 74.5. The van der Waals surface area contributed by atoms with E-state index in [0.29, 0.717) is 25.9 Å². The number of aliphatic carboxylic acids is 1. The van der Waals surface area contributed by atoms with Crippen LogP contribution in [0.4, 0.5) is 15.3 Å². The topological polar surface area (TPSA) is 161 Å². The molecule has 5 atom stereocenters. The number of allylic oxidation sites excluding steroid dienone is 1. The molecule has 0 unspecified atom stereocenters. The summed E-state index contributed by atoms with van der Waals surface area (Å²) in [6.45, 7) is 9.73. The zero-order chi connectivity index (χ0) is 36.5. The number of ether oxygens (including phenoxy) is 2. The first-order valence-corrected chi connectivity index (χ1v) is 18.3. The van der Waals surface area contributed by atoms with Crippen molar-refractivity contribution in [3.63, 3.8) is 0 Å². The predicted octanol–water partition coefficient (Wildman–Crippen LogP) is 3.23. The molecule has 0 radical (unpaired) electrons. The van der Waals surface area contributed by atoms with Crippen molar-refractivity contribution in [1.82, 2.24) is 25.3 Å². The number of nitrogens with one attached hydrogen (secondary N) is 2. The average Bonchev–Trinajstić information content (AvgIpc) is 3.37. The Bertz CT molecular complexity index is 1550. The summed E-state index contributed by atoms with van der Waals surface area (Å²) in [6, 6.07) is 4.20. The lowest BCUT2D eigenvalue weighted by molar-refractivity contribution is -0.145. The van der Waals surface area contributed by atoms with E-state index in [2.05, 4.69) is 45.7 Å². The molecule has 4 heterocycles. The molecule has 3 N–H and O–H groups in total. The van der Waals surface area contributed by atoms with Gasteiger partial charge in [0.2, 0.25) is 11.8 Å². The maximum Gasteiger partial charge on any atom is 0.410 e. The highest BCUT2D eigenvalue weighted by Gasteiger charge is 2.61. The number of rotatable bonds is 4. The van der Waals surface area contributed by atoms with E-state index < -0.39 is 59.3 Å². The Hall–Kier alpha value is -4.33. The van der Waals surface area contributed by atoms with Gasteiger partial charge in [-0.3, -0.25) is 14.5 Å². The van der Waals surface area contributed by atoms with E-state index in [0.717, 1.165) is 62.3 Å². The Labute approximate surface area is 299 Å². The molecule has 5 aliphatic rings. The van der Waals surface area contributed by atoms with Gasteiger partial charge < -0.3 is 39.9 Å². The molecule has 1 aliphatic carbocycles. The minimum Gasteiger partial charge on any atom is -0.479 e. The number of carboxylic acids is 1. The normalized spacial score (nSPS) is 28.8. The van der Waals surface area contributed by atoms with Gasteiger partial charge in [-0.1, -0.05) is 31.1 Å². The molecule has 0 spiro atoms. The zero-order valence-corrected chi connectivity index (χ0v) is 30.2. The third-order valence-corrected chi connectivity index (χ3v) is 10.6. The van der Waals surface area contributed by atoms with Gasteiger partial charge in [0.15, 0.2) is 0 Å². The second kappa shape index (κ2) is 14.7. The molecule has 2 saturated heterocycles. The minimum atomic E-state index is -1.46. The number of fused-ring (bicyclic) bond motifs is 3. The number of alkyl carbamates (subject to hydrolysis) is 1. The van der Waals surface area contributed by atoms with Crippen LogP contribution in [-0.2, 0) is 36.9 Å². The summed E-state index contributed by atoms with van der Waals surface area (Å²) in [5.41, 5.74) is 0.975. The highest BCUT2D eigenvalue weighted by Crippen LogP contribution is 2.45. The number of carboxylic acid groups (broad SMARTS) is 1. The summed E-state index contributed by atoms with van der Waals surface area (Å²) in [6.07, 6.45) is 5.22. The molecule has 14 nitrogen and oxygen atoms in total. The molecular weight excluding hydrogens is 656 g/mol. The van der Waals surface area contributed by atoms with Crippen molar-refractivity contribution >= 4 is 35.7 Å². The van der Waals surface area contributed by atoms with E-state index in [-0.39, 0.29) is 25.3 Å². The maximum atomic E-state index is 14.2. The van der Waals surface area contributed by atoms with E-state index >= 15 is 0 Å². The SMILES string of the molecule is CN1CCN(c2ccc3c(c2)CN(C(=O)O[C@@H]2C[C@H]4C(=O)N[C@]5(C(=O)O)C[C@H]5C=CCCCCC[C@H](NC(=O)OC(C)(C)C)C(=O)N4C2)C3)CC1. The standard InChI is InChI=1S/C37H52N6O8/c1-36(2,3)51-34(48)38-29-11-9-7-5-6-8-10-26-20-37(26,33(46)47)39-31(44)30-19-28(23-43(30)32(29)45)50-35(49)42-21-24-12-13-27(18-25(24)22-42)41-16-14-40(4)15-17-41/h8,10,12-13,18,26,28-30H,5-7,9,11,14-17,19-23H2,1-4H3,(H,38,48)(H,39,44)(H,46,47)/t26-,28-,29+,30+,37-/m1/s1. The van der Waals surface area contributed by atoms with Crippen LogP contribution >= 0.6 is 0 Å². The Balaban J connectivity index is 1.18. The number of likely N-dealkylation sites (N-methyl/N-ethyl adjacent to an activating group) is 1. The Morgan fingerprint density at radius 1 is 1.02 bits per heavy atom.